The van der Waals surface area contributed by atoms with E-state index in [1.165, 1.54) is 36.9 Å². The van der Waals surface area contributed by atoms with Crippen molar-refractivity contribution in [1.29, 1.82) is 0 Å². The highest BCUT2D eigenvalue weighted by molar-refractivity contribution is 5.93. The maximum atomic E-state index is 5.32. The summed E-state index contributed by atoms with van der Waals surface area (Å²) in [6.07, 6.45) is 3.78. The zero-order chi connectivity index (χ0) is 25.7. The van der Waals surface area contributed by atoms with Crippen molar-refractivity contribution in [3.8, 4) is 17.0 Å². The number of aromatic nitrogens is 1. The lowest BCUT2D eigenvalue weighted by Gasteiger charge is -2.22. The van der Waals surface area contributed by atoms with Crippen LogP contribution in [0.5, 0.6) is 5.75 Å². The molecule has 0 spiro atoms. The van der Waals surface area contributed by atoms with E-state index < -0.39 is 0 Å². The molecule has 0 bridgehead atoms. The lowest BCUT2D eigenvalue weighted by atomic mass is 9.98. The van der Waals surface area contributed by atoms with Crippen LogP contribution in [-0.2, 0) is 6.54 Å². The van der Waals surface area contributed by atoms with Crippen LogP contribution in [0.25, 0.3) is 22.2 Å². The Morgan fingerprint density at radius 2 is 1.71 bits per heavy atom. The van der Waals surface area contributed by atoms with Crippen LogP contribution in [0.1, 0.15) is 24.8 Å². The first kappa shape index (κ1) is 24.9. The average Bonchev–Trinajstić information content (AvgIpc) is 3.54. The number of nitrogens with one attached hydrogen (secondary N) is 2. The maximum absolute atomic E-state index is 5.32. The summed E-state index contributed by atoms with van der Waals surface area (Å²) in [4.78, 5) is 7.59. The Kier molecular flexibility index (Phi) is 7.56. The van der Waals surface area contributed by atoms with Gasteiger partial charge in [-0.15, -0.1) is 0 Å². The third-order valence-corrected chi connectivity index (χ3v) is 8.36. The molecular weight excluding hydrogens is 468 g/mol. The lowest BCUT2D eigenvalue weighted by Crippen LogP contribution is -2.36. The van der Waals surface area contributed by atoms with E-state index in [0.717, 1.165) is 66.1 Å². The zero-order valence-electron chi connectivity index (χ0n) is 22.3. The maximum Gasteiger partial charge on any atom is 0.118 e. The minimum Gasteiger partial charge on any atom is -0.497 e. The molecule has 1 aromatic heterocycles. The summed E-state index contributed by atoms with van der Waals surface area (Å²) >= 11 is 0. The Balaban J connectivity index is 1.03. The van der Waals surface area contributed by atoms with Crippen molar-refractivity contribution in [3.05, 3.63) is 90.5 Å². The monoisotopic (exact) mass is 506 g/mol. The molecule has 3 atom stereocenters. The van der Waals surface area contributed by atoms with Crippen molar-refractivity contribution < 1.29 is 4.74 Å². The molecule has 1 saturated heterocycles. The van der Waals surface area contributed by atoms with Gasteiger partial charge in [-0.1, -0.05) is 48.5 Å². The number of anilines is 1. The predicted octanol–water partition coefficient (Wildman–Crippen LogP) is 6.21. The van der Waals surface area contributed by atoms with Crippen molar-refractivity contribution in [1.82, 2.24) is 15.2 Å². The molecule has 0 amide bonds. The molecule has 196 valence electrons. The fourth-order valence-corrected chi connectivity index (χ4v) is 6.41. The summed E-state index contributed by atoms with van der Waals surface area (Å²) < 4.78 is 5.32. The number of hydrogen-bond donors (Lipinski definition) is 2. The molecule has 1 aliphatic heterocycles. The van der Waals surface area contributed by atoms with Crippen LogP contribution in [0.3, 0.4) is 0 Å². The zero-order valence-corrected chi connectivity index (χ0v) is 22.3. The van der Waals surface area contributed by atoms with Crippen LogP contribution in [0.4, 0.5) is 5.69 Å². The number of rotatable bonds is 10. The second kappa shape index (κ2) is 11.5. The van der Waals surface area contributed by atoms with Gasteiger partial charge in [0.05, 0.1) is 18.3 Å². The minimum absolute atomic E-state index is 0.657. The Bertz CT molecular complexity index is 1340. The number of nitrogens with zero attached hydrogens (tertiary/aromatic N) is 2. The minimum atomic E-state index is 0.657. The molecule has 6 rings (SSSR count). The topological polar surface area (TPSA) is 49.4 Å². The summed E-state index contributed by atoms with van der Waals surface area (Å²) in [7, 11) is 1.69. The molecule has 1 aliphatic carbocycles. The molecule has 2 heterocycles. The molecule has 2 N–H and O–H groups in total. The fraction of sp³-hybridized carbons (Fsp3) is 0.364. The average molecular weight is 507 g/mol. The van der Waals surface area contributed by atoms with Gasteiger partial charge in [0.2, 0.25) is 0 Å². The molecule has 5 nitrogen and oxygen atoms in total. The van der Waals surface area contributed by atoms with Gasteiger partial charge in [-0.2, -0.15) is 0 Å². The Hall–Kier alpha value is -3.41. The molecule has 2 fully saturated rings. The van der Waals surface area contributed by atoms with Gasteiger partial charge in [-0.3, -0.25) is 4.90 Å². The highest BCUT2D eigenvalue weighted by Crippen LogP contribution is 2.38. The van der Waals surface area contributed by atoms with Crippen LogP contribution in [-0.4, -0.2) is 49.2 Å². The highest BCUT2D eigenvalue weighted by atomic mass is 16.5. The smallest absolute Gasteiger partial charge is 0.118 e. The van der Waals surface area contributed by atoms with E-state index in [4.69, 9.17) is 9.72 Å². The lowest BCUT2D eigenvalue weighted by molar-refractivity contribution is 0.289. The molecule has 3 aromatic carbocycles. The van der Waals surface area contributed by atoms with Crippen LogP contribution >= 0.6 is 0 Å². The van der Waals surface area contributed by atoms with Crippen molar-refractivity contribution in [2.75, 3.05) is 38.6 Å². The normalized spacial score (nSPS) is 21.0. The van der Waals surface area contributed by atoms with Gasteiger partial charge in [-0.25, -0.2) is 4.98 Å². The van der Waals surface area contributed by atoms with Gasteiger partial charge in [-0.05, 0) is 79.6 Å². The SMILES string of the molecule is COc1ccc(-c2cc(NCCCNC3CCC4CN(Cc5ccccc5)CC43)c3ccccc3n2)cc1. The number of para-hydroxylation sites is 1. The molecule has 3 unspecified atom stereocenters. The number of methoxy groups -OCH3 is 1. The second-order valence-electron chi connectivity index (χ2n) is 10.8. The number of ether oxygens (including phenoxy) is 1. The molecule has 1 saturated carbocycles. The molecule has 2 aliphatic rings. The van der Waals surface area contributed by atoms with E-state index >= 15 is 0 Å². The predicted molar refractivity (Wildman–Crippen MR) is 157 cm³/mol. The number of benzene rings is 3. The van der Waals surface area contributed by atoms with Gasteiger partial charge in [0.15, 0.2) is 0 Å². The Labute approximate surface area is 226 Å². The van der Waals surface area contributed by atoms with Crippen molar-refractivity contribution in [2.24, 2.45) is 11.8 Å². The quantitative estimate of drug-likeness (QED) is 0.250. The van der Waals surface area contributed by atoms with E-state index in [-0.39, 0.29) is 0 Å². The molecule has 5 heteroatoms. The first-order chi connectivity index (χ1) is 18.8. The van der Waals surface area contributed by atoms with Crippen LogP contribution in [0, 0.1) is 11.8 Å². The first-order valence-electron chi connectivity index (χ1n) is 14.0. The summed E-state index contributed by atoms with van der Waals surface area (Å²) in [5.74, 6) is 2.51. The van der Waals surface area contributed by atoms with Gasteiger partial charge in [0.25, 0.3) is 0 Å². The first-order valence-corrected chi connectivity index (χ1v) is 14.0. The highest BCUT2D eigenvalue weighted by Gasteiger charge is 2.42. The van der Waals surface area contributed by atoms with Crippen LogP contribution in [0.15, 0.2) is 84.9 Å². The van der Waals surface area contributed by atoms with E-state index in [1.54, 1.807) is 7.11 Å². The number of likely N-dealkylation sites (tertiary alicyclic amines) is 1. The number of hydrogen-bond acceptors (Lipinski definition) is 5. The molecular formula is C33H38N4O. The third kappa shape index (κ3) is 5.54. The summed E-state index contributed by atoms with van der Waals surface area (Å²) in [5.41, 5.74) is 5.66. The van der Waals surface area contributed by atoms with Gasteiger partial charge in [0, 0.05) is 48.9 Å². The molecule has 38 heavy (non-hydrogen) atoms. The van der Waals surface area contributed by atoms with E-state index in [0.29, 0.717) is 6.04 Å². The van der Waals surface area contributed by atoms with E-state index in [2.05, 4.69) is 88.3 Å². The largest absolute Gasteiger partial charge is 0.497 e. The van der Waals surface area contributed by atoms with Crippen LogP contribution in [0.2, 0.25) is 0 Å². The van der Waals surface area contributed by atoms with Crippen LogP contribution < -0.4 is 15.4 Å². The van der Waals surface area contributed by atoms with Gasteiger partial charge < -0.3 is 15.4 Å². The van der Waals surface area contributed by atoms with Crippen molar-refractivity contribution in [3.63, 3.8) is 0 Å². The summed E-state index contributed by atoms with van der Waals surface area (Å²) in [5, 5.41) is 8.80. The standard InChI is InChI=1S/C33H38N4O/c1-38-27-15-12-25(13-16-27)32-20-33(28-10-5-6-11-31(28)36-32)35-19-7-18-34-30-17-14-26-22-37(23-29(26)30)21-24-8-3-2-4-9-24/h2-6,8-13,15-16,20,26,29-30,34H,7,14,17-19,21-23H2,1H3,(H,35,36). The number of fused-ring (bicyclic) bond motifs is 2. The summed E-state index contributed by atoms with van der Waals surface area (Å²) in [6, 6.07) is 30.3. The molecule has 0 radical (unpaired) electrons. The fourth-order valence-electron chi connectivity index (χ4n) is 6.41. The van der Waals surface area contributed by atoms with Crippen molar-refractivity contribution in [2.45, 2.75) is 31.8 Å². The Morgan fingerprint density at radius 1 is 0.895 bits per heavy atom. The third-order valence-electron chi connectivity index (χ3n) is 8.36. The van der Waals surface area contributed by atoms with E-state index in [9.17, 15) is 0 Å². The summed E-state index contributed by atoms with van der Waals surface area (Å²) in [6.45, 7) is 5.55. The van der Waals surface area contributed by atoms with Gasteiger partial charge in [0.1, 0.15) is 5.75 Å². The van der Waals surface area contributed by atoms with Gasteiger partial charge >= 0.3 is 0 Å². The second-order valence-corrected chi connectivity index (χ2v) is 10.8. The molecule has 4 aromatic rings. The van der Waals surface area contributed by atoms with Crippen molar-refractivity contribution >= 4 is 16.6 Å². The Morgan fingerprint density at radius 3 is 2.55 bits per heavy atom. The number of pyridine rings is 1. The van der Waals surface area contributed by atoms with E-state index in [1.807, 2.05) is 12.1 Å².